The van der Waals surface area contributed by atoms with E-state index in [1.54, 1.807) is 6.07 Å². The average molecular weight is 348 g/mol. The number of nitrogens with zero attached hydrogens (tertiary/aromatic N) is 1. The Hall–Kier alpha value is -1.24. The zero-order valence-electron chi connectivity index (χ0n) is 11.7. The van der Waals surface area contributed by atoms with Crippen molar-refractivity contribution in [3.05, 3.63) is 40.0 Å². The standard InChI is InChI=1S/C13H15Cl2N3O2S/c1-13(2,3)11-7-12(17-16-11)18-21(19,20)10-5-8(14)4-9(15)6-10/h4-7H,1-3H3,(H2,16,17,18). The fourth-order valence-electron chi connectivity index (χ4n) is 1.64. The largest absolute Gasteiger partial charge is 0.280 e. The van der Waals surface area contributed by atoms with Crippen LogP contribution in [0.15, 0.2) is 29.2 Å². The van der Waals surface area contributed by atoms with E-state index in [9.17, 15) is 8.42 Å². The number of nitrogens with one attached hydrogen (secondary N) is 2. The lowest BCUT2D eigenvalue weighted by atomic mass is 9.92. The lowest BCUT2D eigenvalue weighted by Gasteiger charge is -2.14. The highest BCUT2D eigenvalue weighted by Crippen LogP contribution is 2.26. The van der Waals surface area contributed by atoms with Gasteiger partial charge in [0.15, 0.2) is 5.82 Å². The first-order chi connectivity index (χ1) is 9.58. The molecule has 114 valence electrons. The van der Waals surface area contributed by atoms with E-state index >= 15 is 0 Å². The van der Waals surface area contributed by atoms with Gasteiger partial charge in [-0.3, -0.25) is 9.82 Å². The highest BCUT2D eigenvalue weighted by molar-refractivity contribution is 7.92. The van der Waals surface area contributed by atoms with Crippen LogP contribution < -0.4 is 4.72 Å². The third-order valence-electron chi connectivity index (χ3n) is 2.77. The van der Waals surface area contributed by atoms with Gasteiger partial charge >= 0.3 is 0 Å². The molecule has 1 aromatic carbocycles. The molecule has 2 rings (SSSR count). The molecule has 8 heteroatoms. The third-order valence-corrected chi connectivity index (χ3v) is 4.54. The van der Waals surface area contributed by atoms with Gasteiger partial charge in [-0.2, -0.15) is 5.10 Å². The molecule has 0 aliphatic carbocycles. The van der Waals surface area contributed by atoms with Crippen LogP contribution in [0.25, 0.3) is 0 Å². The van der Waals surface area contributed by atoms with Crippen LogP contribution in [0.1, 0.15) is 26.5 Å². The van der Waals surface area contributed by atoms with Crippen molar-refractivity contribution in [1.82, 2.24) is 10.2 Å². The normalized spacial score (nSPS) is 12.4. The van der Waals surface area contributed by atoms with Crippen molar-refractivity contribution in [2.75, 3.05) is 4.72 Å². The van der Waals surface area contributed by atoms with Gasteiger partial charge in [0.25, 0.3) is 10.0 Å². The molecule has 5 nitrogen and oxygen atoms in total. The molecule has 0 amide bonds. The van der Waals surface area contributed by atoms with E-state index in [0.717, 1.165) is 5.69 Å². The number of anilines is 1. The van der Waals surface area contributed by atoms with Crippen molar-refractivity contribution in [3.63, 3.8) is 0 Å². The molecule has 0 atom stereocenters. The van der Waals surface area contributed by atoms with Crippen LogP contribution >= 0.6 is 23.2 Å². The fourth-order valence-corrected chi connectivity index (χ4v) is 3.36. The summed E-state index contributed by atoms with van der Waals surface area (Å²) in [6.07, 6.45) is 0. The Labute approximate surface area is 133 Å². The van der Waals surface area contributed by atoms with Crippen LogP contribution in [0.5, 0.6) is 0 Å². The molecule has 2 N–H and O–H groups in total. The zero-order chi connectivity index (χ0) is 15.8. The van der Waals surface area contributed by atoms with Gasteiger partial charge in [-0.15, -0.1) is 0 Å². The molecule has 0 saturated heterocycles. The van der Waals surface area contributed by atoms with Gasteiger partial charge in [-0.1, -0.05) is 44.0 Å². The molecule has 0 fully saturated rings. The summed E-state index contributed by atoms with van der Waals surface area (Å²) in [6, 6.07) is 5.78. The molecule has 0 bridgehead atoms. The van der Waals surface area contributed by atoms with Gasteiger partial charge in [-0.25, -0.2) is 8.42 Å². The summed E-state index contributed by atoms with van der Waals surface area (Å²) in [6.45, 7) is 5.99. The van der Waals surface area contributed by atoms with Gasteiger partial charge in [0.1, 0.15) is 0 Å². The summed E-state index contributed by atoms with van der Waals surface area (Å²) in [7, 11) is -3.79. The Morgan fingerprint density at radius 3 is 2.14 bits per heavy atom. The molecule has 0 saturated carbocycles. The lowest BCUT2D eigenvalue weighted by molar-refractivity contribution is 0.567. The highest BCUT2D eigenvalue weighted by Gasteiger charge is 2.20. The average Bonchev–Trinajstić information content (AvgIpc) is 2.75. The van der Waals surface area contributed by atoms with Crippen molar-refractivity contribution in [2.24, 2.45) is 0 Å². The maximum atomic E-state index is 12.3. The number of sulfonamides is 1. The van der Waals surface area contributed by atoms with Crippen molar-refractivity contribution in [3.8, 4) is 0 Å². The highest BCUT2D eigenvalue weighted by atomic mass is 35.5. The van der Waals surface area contributed by atoms with Gasteiger partial charge in [0, 0.05) is 27.2 Å². The number of rotatable bonds is 3. The Morgan fingerprint density at radius 1 is 1.10 bits per heavy atom. The smallest absolute Gasteiger partial charge is 0.263 e. The van der Waals surface area contributed by atoms with E-state index in [1.807, 2.05) is 20.8 Å². The minimum atomic E-state index is -3.79. The maximum absolute atomic E-state index is 12.3. The van der Waals surface area contributed by atoms with E-state index in [2.05, 4.69) is 14.9 Å². The monoisotopic (exact) mass is 347 g/mol. The Kier molecular flexibility index (Phi) is 4.24. The summed E-state index contributed by atoms with van der Waals surface area (Å²) >= 11 is 11.6. The number of aromatic amines is 1. The number of aromatic nitrogens is 2. The second kappa shape index (κ2) is 5.51. The first-order valence-corrected chi connectivity index (χ1v) is 8.37. The number of hydrogen-bond acceptors (Lipinski definition) is 3. The van der Waals surface area contributed by atoms with E-state index in [0.29, 0.717) is 0 Å². The summed E-state index contributed by atoms with van der Waals surface area (Å²) in [5, 5.41) is 7.27. The Balaban J connectivity index is 2.31. The number of halogens is 2. The van der Waals surface area contributed by atoms with Gasteiger partial charge in [0.05, 0.1) is 4.90 Å². The predicted molar refractivity (Wildman–Crippen MR) is 84.6 cm³/mol. The predicted octanol–water partition coefficient (Wildman–Crippen LogP) is 3.81. The minimum absolute atomic E-state index is 0.0136. The van der Waals surface area contributed by atoms with Gasteiger partial charge < -0.3 is 0 Å². The molecule has 1 aromatic heterocycles. The second-order valence-corrected chi connectivity index (χ2v) is 8.18. The Morgan fingerprint density at radius 2 is 1.67 bits per heavy atom. The molecule has 0 radical (unpaired) electrons. The molecule has 2 aromatic rings. The minimum Gasteiger partial charge on any atom is -0.280 e. The number of benzene rings is 1. The molecule has 0 aliphatic rings. The van der Waals surface area contributed by atoms with Crippen LogP contribution in [0.3, 0.4) is 0 Å². The zero-order valence-corrected chi connectivity index (χ0v) is 14.1. The number of hydrogen-bond donors (Lipinski definition) is 2. The molecular weight excluding hydrogens is 333 g/mol. The quantitative estimate of drug-likeness (QED) is 0.886. The SMILES string of the molecule is CC(C)(C)c1cc(NS(=O)(=O)c2cc(Cl)cc(Cl)c2)n[nH]1. The van der Waals surface area contributed by atoms with Crippen LogP contribution in [0.4, 0.5) is 5.82 Å². The van der Waals surface area contributed by atoms with Crippen LogP contribution in [-0.4, -0.2) is 18.6 Å². The fraction of sp³-hybridized carbons (Fsp3) is 0.308. The summed E-state index contributed by atoms with van der Waals surface area (Å²) < 4.78 is 27.0. The lowest BCUT2D eigenvalue weighted by Crippen LogP contribution is -2.13. The number of H-pyrrole nitrogens is 1. The van der Waals surface area contributed by atoms with E-state index in [-0.39, 0.29) is 26.2 Å². The first-order valence-electron chi connectivity index (χ1n) is 6.13. The second-order valence-electron chi connectivity index (χ2n) is 5.63. The third kappa shape index (κ3) is 3.90. The van der Waals surface area contributed by atoms with E-state index in [4.69, 9.17) is 23.2 Å². The van der Waals surface area contributed by atoms with Crippen molar-refractivity contribution < 1.29 is 8.42 Å². The molecule has 21 heavy (non-hydrogen) atoms. The van der Waals surface area contributed by atoms with E-state index < -0.39 is 10.0 Å². The summed E-state index contributed by atoms with van der Waals surface area (Å²) in [4.78, 5) is -0.0136. The topological polar surface area (TPSA) is 74.8 Å². The van der Waals surface area contributed by atoms with Crippen molar-refractivity contribution in [1.29, 1.82) is 0 Å². The Bertz CT molecular complexity index is 744. The molecule has 0 aliphatic heterocycles. The van der Waals surface area contributed by atoms with Gasteiger partial charge in [-0.05, 0) is 18.2 Å². The summed E-state index contributed by atoms with van der Waals surface area (Å²) in [5.41, 5.74) is 0.667. The molecule has 0 spiro atoms. The van der Waals surface area contributed by atoms with Crippen LogP contribution in [0, 0.1) is 0 Å². The van der Waals surface area contributed by atoms with E-state index in [1.165, 1.54) is 18.2 Å². The van der Waals surface area contributed by atoms with Gasteiger partial charge in [0.2, 0.25) is 0 Å². The molecule has 1 heterocycles. The maximum Gasteiger partial charge on any atom is 0.263 e. The molecule has 0 unspecified atom stereocenters. The van der Waals surface area contributed by atoms with Crippen LogP contribution in [-0.2, 0) is 15.4 Å². The molecular formula is C13H15Cl2N3O2S. The first kappa shape index (κ1) is 16.1. The van der Waals surface area contributed by atoms with Crippen molar-refractivity contribution in [2.45, 2.75) is 31.1 Å². The van der Waals surface area contributed by atoms with Crippen molar-refractivity contribution >= 4 is 39.0 Å². The summed E-state index contributed by atoms with van der Waals surface area (Å²) in [5.74, 6) is 0.219. The van der Waals surface area contributed by atoms with Crippen LogP contribution in [0.2, 0.25) is 10.0 Å².